The molecule has 6 nitrogen and oxygen atoms in total. The summed E-state index contributed by atoms with van der Waals surface area (Å²) in [4.78, 5) is 21.5. The average molecular weight is 465 g/mol. The summed E-state index contributed by atoms with van der Waals surface area (Å²) in [5.41, 5.74) is 0. The van der Waals surface area contributed by atoms with E-state index in [9.17, 15) is 9.59 Å². The quantitative estimate of drug-likeness (QED) is 0.344. The van der Waals surface area contributed by atoms with E-state index in [1.54, 1.807) is 27.7 Å². The van der Waals surface area contributed by atoms with Gasteiger partial charge in [0, 0.05) is 0 Å². The topological polar surface area (TPSA) is 77.3 Å². The van der Waals surface area contributed by atoms with E-state index in [0.717, 1.165) is 0 Å². The van der Waals surface area contributed by atoms with Crippen molar-refractivity contribution in [3.05, 3.63) is 91.0 Å². The number of rotatable bonds is 5. The van der Waals surface area contributed by atoms with Crippen LogP contribution in [0.1, 0.15) is 27.7 Å². The van der Waals surface area contributed by atoms with Gasteiger partial charge in [-0.05, 0) is 51.5 Å². The predicted octanol–water partition coefficient (Wildman–Crippen LogP) is 5.97. The van der Waals surface area contributed by atoms with Crippen LogP contribution in [0.4, 0.5) is 9.59 Å². The molecule has 0 saturated heterocycles. The fourth-order valence-electron chi connectivity index (χ4n) is 2.71. The minimum absolute atomic E-state index is 0.289. The highest BCUT2D eigenvalue weighted by Crippen LogP contribution is 2.32. The van der Waals surface area contributed by atoms with Crippen LogP contribution in [-0.4, -0.2) is 24.4 Å². The second kappa shape index (κ2) is 13.9. The molecule has 0 saturated carbocycles. The molecule has 3 aromatic rings. The number of amides is 2. The summed E-state index contributed by atoms with van der Waals surface area (Å²) < 4.78 is 9.20. The molecule has 3 rings (SSSR count). The summed E-state index contributed by atoms with van der Waals surface area (Å²) in [6.45, 7) is 6.67. The van der Waals surface area contributed by atoms with Gasteiger partial charge in [-0.1, -0.05) is 101 Å². The lowest BCUT2D eigenvalue weighted by Crippen LogP contribution is -2.20. The molecule has 0 N–H and O–H groups in total. The first-order valence-electron chi connectivity index (χ1n) is 10.6. The number of carbonyl (C=O) groups is 2. The van der Waals surface area contributed by atoms with E-state index in [4.69, 9.17) is 0 Å². The fourth-order valence-corrected chi connectivity index (χ4v) is 5.02. The van der Waals surface area contributed by atoms with Crippen molar-refractivity contribution in [2.75, 3.05) is 0 Å². The summed E-state index contributed by atoms with van der Waals surface area (Å²) in [5.74, 6) is 0. The van der Waals surface area contributed by atoms with Crippen molar-refractivity contribution in [3.63, 3.8) is 0 Å². The highest BCUT2D eigenvalue weighted by atomic mass is 31.1. The third-order valence-corrected chi connectivity index (χ3v) is 6.37. The van der Waals surface area contributed by atoms with Gasteiger partial charge < -0.3 is 9.47 Å². The third-order valence-electron chi connectivity index (χ3n) is 3.93. The lowest BCUT2D eigenvalue weighted by Gasteiger charge is -2.18. The average Bonchev–Trinajstić information content (AvgIpc) is 2.80. The van der Waals surface area contributed by atoms with E-state index in [-0.39, 0.29) is 12.2 Å². The van der Waals surface area contributed by atoms with Crippen LogP contribution >= 0.6 is 7.92 Å². The Kier molecular flexibility index (Phi) is 10.9. The minimum Gasteiger partial charge on any atom is -0.444 e. The zero-order valence-corrected chi connectivity index (χ0v) is 20.2. The molecule has 33 heavy (non-hydrogen) atoms. The SMILES string of the molecule is CC(C)OC(=O)/N=N/C(=O)OC(C)C.c1ccc(P(c2ccccc2)c2ccccc2)cc1. The molecule has 0 heterocycles. The Morgan fingerprint density at radius 2 is 0.848 bits per heavy atom. The lowest BCUT2D eigenvalue weighted by atomic mass is 10.4. The maximum atomic E-state index is 10.8. The van der Waals surface area contributed by atoms with Crippen LogP contribution in [0.15, 0.2) is 101 Å². The van der Waals surface area contributed by atoms with Gasteiger partial charge in [-0.15, -0.1) is 0 Å². The predicted molar refractivity (Wildman–Crippen MR) is 133 cm³/mol. The molecule has 3 aromatic carbocycles. The molecule has 7 heteroatoms. The second-order valence-corrected chi connectivity index (χ2v) is 9.63. The van der Waals surface area contributed by atoms with E-state index >= 15 is 0 Å². The number of carbonyl (C=O) groups excluding carboxylic acids is 2. The summed E-state index contributed by atoms with van der Waals surface area (Å²) in [6.07, 6.45) is -2.38. The standard InChI is InChI=1S/C18H15P.C8H14N2O4/c1-4-10-16(11-5-1)19(17-12-6-2-7-13-17)18-14-8-3-9-15-18;1-5(2)13-7(11)9-10-8(12)14-6(3)4/h1-15H;5-6H,1-4H3/b;10-9+. The minimum atomic E-state index is -0.902. The van der Waals surface area contributed by atoms with Crippen LogP contribution in [0.25, 0.3) is 0 Å². The lowest BCUT2D eigenvalue weighted by molar-refractivity contribution is 0.115. The number of hydrogen-bond donors (Lipinski definition) is 0. The van der Waals surface area contributed by atoms with Crippen molar-refractivity contribution >= 4 is 36.0 Å². The molecular weight excluding hydrogens is 435 g/mol. The van der Waals surface area contributed by atoms with Crippen molar-refractivity contribution in [1.82, 2.24) is 0 Å². The summed E-state index contributed by atoms with van der Waals surface area (Å²) in [7, 11) is -0.446. The maximum Gasteiger partial charge on any atom is 0.452 e. The number of benzene rings is 3. The van der Waals surface area contributed by atoms with Crippen molar-refractivity contribution in [2.24, 2.45) is 10.2 Å². The number of ether oxygens (including phenoxy) is 2. The number of azo groups is 1. The molecule has 0 aliphatic rings. The van der Waals surface area contributed by atoms with E-state index in [1.165, 1.54) is 15.9 Å². The summed E-state index contributed by atoms with van der Waals surface area (Å²) >= 11 is 0. The molecule has 172 valence electrons. The van der Waals surface area contributed by atoms with E-state index in [2.05, 4.69) is 111 Å². The maximum absolute atomic E-state index is 10.8. The Balaban J connectivity index is 0.000000248. The number of nitrogens with zero attached hydrogens (tertiary/aromatic N) is 2. The molecule has 0 atom stereocenters. The highest BCUT2D eigenvalue weighted by molar-refractivity contribution is 7.79. The molecule has 2 amide bonds. The van der Waals surface area contributed by atoms with E-state index < -0.39 is 20.1 Å². The van der Waals surface area contributed by atoms with Crippen molar-refractivity contribution in [3.8, 4) is 0 Å². The molecule has 0 aliphatic heterocycles. The van der Waals surface area contributed by atoms with Gasteiger partial charge in [0.25, 0.3) is 0 Å². The summed E-state index contributed by atoms with van der Waals surface area (Å²) in [6, 6.07) is 32.3. The van der Waals surface area contributed by atoms with Gasteiger partial charge in [-0.3, -0.25) is 0 Å². The second-order valence-electron chi connectivity index (χ2n) is 7.41. The van der Waals surface area contributed by atoms with Crippen LogP contribution in [0, 0.1) is 0 Å². The molecule has 0 bridgehead atoms. The van der Waals surface area contributed by atoms with Crippen LogP contribution < -0.4 is 15.9 Å². The summed E-state index contributed by atoms with van der Waals surface area (Å²) in [5, 5.41) is 10.2. The molecular formula is C26H29N2O4P. The monoisotopic (exact) mass is 464 g/mol. The highest BCUT2D eigenvalue weighted by Gasteiger charge is 2.15. The van der Waals surface area contributed by atoms with Crippen molar-refractivity contribution in [1.29, 1.82) is 0 Å². The van der Waals surface area contributed by atoms with Gasteiger partial charge in [0.15, 0.2) is 0 Å². The van der Waals surface area contributed by atoms with E-state index in [0.29, 0.717) is 0 Å². The first-order valence-corrected chi connectivity index (χ1v) is 12.0. The molecule has 0 fully saturated rings. The van der Waals surface area contributed by atoms with Crippen LogP contribution in [0.2, 0.25) is 0 Å². The smallest absolute Gasteiger partial charge is 0.444 e. The van der Waals surface area contributed by atoms with Gasteiger partial charge in [0.05, 0.1) is 12.2 Å². The van der Waals surface area contributed by atoms with Crippen molar-refractivity contribution in [2.45, 2.75) is 39.9 Å². The van der Waals surface area contributed by atoms with Gasteiger partial charge in [0.1, 0.15) is 0 Å². The first-order chi connectivity index (χ1) is 15.9. The molecule has 0 aromatic heterocycles. The Morgan fingerprint density at radius 1 is 0.576 bits per heavy atom. The van der Waals surface area contributed by atoms with Gasteiger partial charge >= 0.3 is 12.2 Å². The number of hydrogen-bond acceptors (Lipinski definition) is 4. The molecule has 0 aliphatic carbocycles. The van der Waals surface area contributed by atoms with E-state index in [1.807, 2.05) is 0 Å². The van der Waals surface area contributed by atoms with Crippen LogP contribution in [0.5, 0.6) is 0 Å². The Hall–Kier alpha value is -3.37. The third kappa shape index (κ3) is 9.75. The van der Waals surface area contributed by atoms with Gasteiger partial charge in [-0.25, -0.2) is 9.59 Å². The first kappa shape index (κ1) is 25.9. The Morgan fingerprint density at radius 3 is 1.09 bits per heavy atom. The zero-order chi connectivity index (χ0) is 24.1. The Labute approximate surface area is 196 Å². The van der Waals surface area contributed by atoms with Gasteiger partial charge in [0.2, 0.25) is 0 Å². The van der Waals surface area contributed by atoms with Crippen LogP contribution in [0.3, 0.4) is 0 Å². The molecule has 0 radical (unpaired) electrons. The largest absolute Gasteiger partial charge is 0.452 e. The van der Waals surface area contributed by atoms with Crippen LogP contribution in [-0.2, 0) is 9.47 Å². The fraction of sp³-hybridized carbons (Fsp3) is 0.231. The van der Waals surface area contributed by atoms with Gasteiger partial charge in [-0.2, -0.15) is 0 Å². The Bertz CT molecular complexity index is 892. The van der Waals surface area contributed by atoms with Crippen molar-refractivity contribution < 1.29 is 19.1 Å². The normalized spacial score (nSPS) is 10.8. The molecule has 0 spiro atoms. The zero-order valence-electron chi connectivity index (χ0n) is 19.3. The molecule has 0 unspecified atom stereocenters.